The second kappa shape index (κ2) is 5.41. The third-order valence-corrected chi connectivity index (χ3v) is 2.24. The summed E-state index contributed by atoms with van der Waals surface area (Å²) in [5.41, 5.74) is 0. The first kappa shape index (κ1) is 9.85. The Balaban J connectivity index is 2.04. The molecule has 1 amide bonds. The van der Waals surface area contributed by atoms with E-state index >= 15 is 0 Å². The zero-order chi connectivity index (χ0) is 9.52. The lowest BCUT2D eigenvalue weighted by Gasteiger charge is -2.09. The molecule has 0 bridgehead atoms. The minimum atomic E-state index is -0.478. The van der Waals surface area contributed by atoms with E-state index in [0.29, 0.717) is 12.5 Å². The van der Waals surface area contributed by atoms with E-state index in [9.17, 15) is 4.79 Å². The maximum atomic E-state index is 10.9. The Hall–Kier alpha value is -1.24. The fraction of sp³-hybridized carbons (Fsp3) is 0.778. The van der Waals surface area contributed by atoms with Crippen LogP contribution in [0.4, 0.5) is 4.79 Å². The van der Waals surface area contributed by atoms with Gasteiger partial charge in [-0.1, -0.05) is 12.8 Å². The van der Waals surface area contributed by atoms with Crippen molar-refractivity contribution in [2.75, 3.05) is 13.2 Å². The van der Waals surface area contributed by atoms with Crippen LogP contribution in [0.3, 0.4) is 0 Å². The Kier molecular flexibility index (Phi) is 4.10. The van der Waals surface area contributed by atoms with E-state index in [0.717, 1.165) is 12.8 Å². The summed E-state index contributed by atoms with van der Waals surface area (Å²) in [7, 11) is 0. The SMILES string of the molecule is N#CCNC(=O)OCC1CCCC1. The van der Waals surface area contributed by atoms with Crippen LogP contribution in [-0.4, -0.2) is 19.2 Å². The third-order valence-electron chi connectivity index (χ3n) is 2.24. The minimum absolute atomic E-state index is 0.0174. The number of nitrogens with zero attached hydrogens (tertiary/aromatic N) is 1. The van der Waals surface area contributed by atoms with Gasteiger partial charge in [0.05, 0.1) is 12.7 Å². The van der Waals surface area contributed by atoms with E-state index in [4.69, 9.17) is 10.00 Å². The molecular weight excluding hydrogens is 168 g/mol. The number of alkyl carbamates (subject to hydrolysis) is 1. The number of ether oxygens (including phenoxy) is 1. The molecule has 0 unspecified atom stereocenters. The fourth-order valence-electron chi connectivity index (χ4n) is 1.53. The first-order valence-corrected chi connectivity index (χ1v) is 4.60. The number of hydrogen-bond donors (Lipinski definition) is 1. The van der Waals surface area contributed by atoms with Crippen LogP contribution in [0.5, 0.6) is 0 Å². The molecule has 1 aliphatic carbocycles. The lowest BCUT2D eigenvalue weighted by Crippen LogP contribution is -2.26. The first-order valence-electron chi connectivity index (χ1n) is 4.60. The summed E-state index contributed by atoms with van der Waals surface area (Å²) in [5.74, 6) is 0.535. The van der Waals surface area contributed by atoms with Gasteiger partial charge in [0, 0.05) is 0 Å². The van der Waals surface area contributed by atoms with Gasteiger partial charge in [-0.3, -0.25) is 0 Å². The largest absolute Gasteiger partial charge is 0.449 e. The highest BCUT2D eigenvalue weighted by Crippen LogP contribution is 2.24. The van der Waals surface area contributed by atoms with Crippen LogP contribution in [0.15, 0.2) is 0 Å². The van der Waals surface area contributed by atoms with Crippen molar-refractivity contribution in [3.63, 3.8) is 0 Å². The second-order valence-electron chi connectivity index (χ2n) is 3.26. The van der Waals surface area contributed by atoms with Gasteiger partial charge < -0.3 is 10.1 Å². The highest BCUT2D eigenvalue weighted by molar-refractivity contribution is 5.67. The molecule has 4 heteroatoms. The van der Waals surface area contributed by atoms with Gasteiger partial charge in [-0.05, 0) is 18.8 Å². The van der Waals surface area contributed by atoms with Crippen LogP contribution in [0.1, 0.15) is 25.7 Å². The molecule has 0 spiro atoms. The number of carbonyl (C=O) groups is 1. The number of carbonyl (C=O) groups excluding carboxylic acids is 1. The maximum absolute atomic E-state index is 10.9. The van der Waals surface area contributed by atoms with Crippen LogP contribution < -0.4 is 5.32 Å². The van der Waals surface area contributed by atoms with Gasteiger partial charge in [-0.25, -0.2) is 4.79 Å². The zero-order valence-corrected chi connectivity index (χ0v) is 7.58. The summed E-state index contributed by atoms with van der Waals surface area (Å²) >= 11 is 0. The molecule has 1 rings (SSSR count). The average molecular weight is 182 g/mol. The first-order chi connectivity index (χ1) is 6.33. The van der Waals surface area contributed by atoms with Crippen molar-refractivity contribution in [2.45, 2.75) is 25.7 Å². The molecule has 0 heterocycles. The number of hydrogen-bond acceptors (Lipinski definition) is 3. The standard InChI is InChI=1S/C9H14N2O2/c10-5-6-11-9(12)13-7-8-3-1-2-4-8/h8H,1-4,6-7H2,(H,11,12). The fourth-order valence-corrected chi connectivity index (χ4v) is 1.53. The van der Waals surface area contributed by atoms with Gasteiger partial charge in [-0.2, -0.15) is 5.26 Å². The van der Waals surface area contributed by atoms with Gasteiger partial charge in [0.15, 0.2) is 0 Å². The van der Waals surface area contributed by atoms with Crippen molar-refractivity contribution in [3.05, 3.63) is 0 Å². The Bertz CT molecular complexity index is 204. The maximum Gasteiger partial charge on any atom is 0.407 e. The average Bonchev–Trinajstić information content (AvgIpc) is 2.64. The molecule has 1 fully saturated rings. The summed E-state index contributed by atoms with van der Waals surface area (Å²) < 4.78 is 4.93. The topological polar surface area (TPSA) is 62.1 Å². The van der Waals surface area contributed by atoms with E-state index in [-0.39, 0.29) is 6.54 Å². The molecular formula is C9H14N2O2. The number of nitrogens with one attached hydrogen (secondary N) is 1. The molecule has 1 saturated carbocycles. The summed E-state index contributed by atoms with van der Waals surface area (Å²) in [6, 6.07) is 1.81. The number of amides is 1. The molecule has 13 heavy (non-hydrogen) atoms. The molecule has 0 saturated heterocycles. The van der Waals surface area contributed by atoms with Gasteiger partial charge in [0.25, 0.3) is 0 Å². The Morgan fingerprint density at radius 1 is 1.54 bits per heavy atom. The van der Waals surface area contributed by atoms with Crippen LogP contribution >= 0.6 is 0 Å². The van der Waals surface area contributed by atoms with Crippen molar-refractivity contribution in [1.82, 2.24) is 5.32 Å². The summed E-state index contributed by atoms with van der Waals surface area (Å²) in [6.45, 7) is 0.515. The van der Waals surface area contributed by atoms with E-state index in [2.05, 4.69) is 5.32 Å². The molecule has 0 aromatic rings. The molecule has 1 N–H and O–H groups in total. The zero-order valence-electron chi connectivity index (χ0n) is 7.58. The van der Waals surface area contributed by atoms with Gasteiger partial charge in [-0.15, -0.1) is 0 Å². The molecule has 72 valence electrons. The van der Waals surface area contributed by atoms with Crippen LogP contribution in [-0.2, 0) is 4.74 Å². The molecule has 0 aromatic carbocycles. The smallest absolute Gasteiger partial charge is 0.407 e. The van der Waals surface area contributed by atoms with E-state index < -0.39 is 6.09 Å². The monoisotopic (exact) mass is 182 g/mol. The van der Waals surface area contributed by atoms with Crippen molar-refractivity contribution in [2.24, 2.45) is 5.92 Å². The molecule has 0 atom stereocenters. The molecule has 4 nitrogen and oxygen atoms in total. The van der Waals surface area contributed by atoms with Gasteiger partial charge in [0.1, 0.15) is 6.54 Å². The van der Waals surface area contributed by atoms with Crippen LogP contribution in [0.2, 0.25) is 0 Å². The molecule has 0 aliphatic heterocycles. The predicted octanol–water partition coefficient (Wildman–Crippen LogP) is 1.43. The molecule has 0 radical (unpaired) electrons. The quantitative estimate of drug-likeness (QED) is 0.671. The van der Waals surface area contributed by atoms with E-state index in [1.54, 1.807) is 0 Å². The highest BCUT2D eigenvalue weighted by Gasteiger charge is 2.16. The third kappa shape index (κ3) is 3.79. The molecule has 1 aliphatic rings. The summed E-state index contributed by atoms with van der Waals surface area (Å²) in [5, 5.41) is 10.5. The highest BCUT2D eigenvalue weighted by atomic mass is 16.5. The van der Waals surface area contributed by atoms with E-state index in [1.807, 2.05) is 6.07 Å². The Labute approximate surface area is 77.9 Å². The van der Waals surface area contributed by atoms with Gasteiger partial charge in [0.2, 0.25) is 0 Å². The van der Waals surface area contributed by atoms with Crippen molar-refractivity contribution < 1.29 is 9.53 Å². The van der Waals surface area contributed by atoms with Crippen LogP contribution in [0, 0.1) is 17.2 Å². The van der Waals surface area contributed by atoms with Gasteiger partial charge >= 0.3 is 6.09 Å². The van der Waals surface area contributed by atoms with E-state index in [1.165, 1.54) is 12.8 Å². The van der Waals surface area contributed by atoms with Crippen molar-refractivity contribution in [1.29, 1.82) is 5.26 Å². The lowest BCUT2D eigenvalue weighted by atomic mass is 10.1. The normalized spacial score (nSPS) is 16.5. The van der Waals surface area contributed by atoms with Crippen LogP contribution in [0.25, 0.3) is 0 Å². The Morgan fingerprint density at radius 2 is 2.23 bits per heavy atom. The lowest BCUT2D eigenvalue weighted by molar-refractivity contribution is 0.129. The number of rotatable bonds is 3. The minimum Gasteiger partial charge on any atom is -0.449 e. The molecule has 0 aromatic heterocycles. The van der Waals surface area contributed by atoms with Crippen molar-refractivity contribution >= 4 is 6.09 Å². The van der Waals surface area contributed by atoms with Crippen molar-refractivity contribution in [3.8, 4) is 6.07 Å². The number of nitriles is 1. The summed E-state index contributed by atoms with van der Waals surface area (Å²) in [6.07, 6.45) is 4.33. The second-order valence-corrected chi connectivity index (χ2v) is 3.26. The summed E-state index contributed by atoms with van der Waals surface area (Å²) in [4.78, 5) is 10.9. The predicted molar refractivity (Wildman–Crippen MR) is 46.9 cm³/mol. The Morgan fingerprint density at radius 3 is 2.85 bits per heavy atom.